The molecule has 0 amide bonds. The van der Waals surface area contributed by atoms with Gasteiger partial charge in [0.2, 0.25) is 0 Å². The number of pyridine rings is 1. The van der Waals surface area contributed by atoms with Crippen molar-refractivity contribution in [3.63, 3.8) is 0 Å². The van der Waals surface area contributed by atoms with Crippen LogP contribution in [0.15, 0.2) is 41.6 Å². The van der Waals surface area contributed by atoms with Gasteiger partial charge in [-0.2, -0.15) is 0 Å². The molecule has 3 N–H and O–H groups in total. The van der Waals surface area contributed by atoms with Crippen LogP contribution in [0.5, 0.6) is 0 Å². The molecule has 0 fully saturated rings. The van der Waals surface area contributed by atoms with E-state index in [1.807, 2.05) is 13.0 Å². The highest BCUT2D eigenvalue weighted by Gasteiger charge is 2.18. The lowest BCUT2D eigenvalue weighted by Gasteiger charge is -2.13. The lowest BCUT2D eigenvalue weighted by atomic mass is 10.1. The van der Waals surface area contributed by atoms with Gasteiger partial charge in [0, 0.05) is 18.9 Å². The van der Waals surface area contributed by atoms with E-state index in [1.54, 1.807) is 25.1 Å². The number of nitrogens with zero attached hydrogens (tertiary/aromatic N) is 1. The number of benzene rings is 1. The smallest absolute Gasteiger partial charge is 0.262 e. The van der Waals surface area contributed by atoms with Crippen LogP contribution in [0.25, 0.3) is 0 Å². The summed E-state index contributed by atoms with van der Waals surface area (Å²) in [7, 11) is -3.63. The van der Waals surface area contributed by atoms with Gasteiger partial charge in [0.05, 0.1) is 10.6 Å². The van der Waals surface area contributed by atoms with Gasteiger partial charge < -0.3 is 5.73 Å². The van der Waals surface area contributed by atoms with Crippen LogP contribution >= 0.6 is 0 Å². The predicted octanol–water partition coefficient (Wildman–Crippen LogP) is 1.96. The fourth-order valence-corrected chi connectivity index (χ4v) is 3.35. The molecular formula is C14H17N3O2S. The molecule has 1 aromatic heterocycles. The van der Waals surface area contributed by atoms with Crippen LogP contribution in [0, 0.1) is 13.8 Å². The Hall–Kier alpha value is -1.92. The molecule has 6 heteroatoms. The molecule has 2 aromatic rings. The van der Waals surface area contributed by atoms with Gasteiger partial charge in [-0.1, -0.05) is 6.07 Å². The van der Waals surface area contributed by atoms with E-state index >= 15 is 0 Å². The highest BCUT2D eigenvalue weighted by atomic mass is 32.2. The van der Waals surface area contributed by atoms with E-state index in [1.165, 1.54) is 12.4 Å². The lowest BCUT2D eigenvalue weighted by molar-refractivity contribution is 0.600. The minimum atomic E-state index is -3.63. The minimum Gasteiger partial charge on any atom is -0.326 e. The van der Waals surface area contributed by atoms with Crippen LogP contribution in [-0.4, -0.2) is 13.4 Å². The molecule has 0 bridgehead atoms. The van der Waals surface area contributed by atoms with Crippen LogP contribution in [0.4, 0.5) is 5.69 Å². The third-order valence-electron chi connectivity index (χ3n) is 3.08. The van der Waals surface area contributed by atoms with E-state index in [9.17, 15) is 8.42 Å². The Balaban J connectivity index is 2.44. The molecule has 0 spiro atoms. The fraction of sp³-hybridized carbons (Fsp3) is 0.214. The van der Waals surface area contributed by atoms with Crippen LogP contribution < -0.4 is 10.5 Å². The summed E-state index contributed by atoms with van der Waals surface area (Å²) < 4.78 is 27.4. The first kappa shape index (κ1) is 14.5. The second-order valence-corrected chi connectivity index (χ2v) is 6.24. The van der Waals surface area contributed by atoms with Gasteiger partial charge in [0.1, 0.15) is 0 Å². The molecule has 0 aliphatic rings. The Morgan fingerprint density at radius 2 is 1.80 bits per heavy atom. The minimum absolute atomic E-state index is 0.250. The fourth-order valence-electron chi connectivity index (χ4n) is 2.01. The number of hydrogen-bond donors (Lipinski definition) is 2. The zero-order valence-electron chi connectivity index (χ0n) is 11.4. The van der Waals surface area contributed by atoms with E-state index < -0.39 is 10.0 Å². The topological polar surface area (TPSA) is 85.1 Å². The molecular weight excluding hydrogens is 274 g/mol. The van der Waals surface area contributed by atoms with Crippen molar-refractivity contribution >= 4 is 15.7 Å². The SMILES string of the molecule is Cc1cc(C)c(S(=O)(=O)Nc2ccncc2)cc1CN. The molecule has 2 rings (SSSR count). The van der Waals surface area contributed by atoms with Crippen LogP contribution in [0.1, 0.15) is 16.7 Å². The largest absolute Gasteiger partial charge is 0.326 e. The summed E-state index contributed by atoms with van der Waals surface area (Å²) in [5, 5.41) is 0. The average molecular weight is 291 g/mol. The standard InChI is InChI=1S/C14H17N3O2S/c1-10-7-11(2)14(8-12(10)9-15)20(18,19)17-13-3-5-16-6-4-13/h3-8H,9,15H2,1-2H3,(H,16,17). The number of sulfonamides is 1. The highest BCUT2D eigenvalue weighted by molar-refractivity contribution is 7.92. The summed E-state index contributed by atoms with van der Waals surface area (Å²) in [5.41, 5.74) is 8.64. The summed E-state index contributed by atoms with van der Waals surface area (Å²) in [5.74, 6) is 0. The molecule has 1 heterocycles. The number of rotatable bonds is 4. The second-order valence-electron chi connectivity index (χ2n) is 4.59. The van der Waals surface area contributed by atoms with Gasteiger partial charge >= 0.3 is 0 Å². The van der Waals surface area contributed by atoms with Crippen molar-refractivity contribution in [2.24, 2.45) is 5.73 Å². The third kappa shape index (κ3) is 2.97. The Labute approximate surface area is 118 Å². The number of aromatic nitrogens is 1. The maximum Gasteiger partial charge on any atom is 0.262 e. The number of anilines is 1. The zero-order chi connectivity index (χ0) is 14.8. The van der Waals surface area contributed by atoms with Crippen LogP contribution in [0.3, 0.4) is 0 Å². The predicted molar refractivity (Wildman–Crippen MR) is 78.9 cm³/mol. The first-order valence-corrected chi connectivity index (χ1v) is 7.65. The Bertz CT molecular complexity index is 713. The number of hydrogen-bond acceptors (Lipinski definition) is 4. The van der Waals surface area contributed by atoms with E-state index in [-0.39, 0.29) is 4.90 Å². The summed E-state index contributed by atoms with van der Waals surface area (Å²) in [6, 6.07) is 6.67. The van der Waals surface area contributed by atoms with Gasteiger partial charge in [0.25, 0.3) is 10.0 Å². The van der Waals surface area contributed by atoms with Crippen molar-refractivity contribution in [3.05, 3.63) is 53.3 Å². The number of aryl methyl sites for hydroxylation is 2. The van der Waals surface area contributed by atoms with Crippen LogP contribution in [0.2, 0.25) is 0 Å². The van der Waals surface area contributed by atoms with Crippen LogP contribution in [-0.2, 0) is 16.6 Å². The van der Waals surface area contributed by atoms with Gasteiger partial charge in [0.15, 0.2) is 0 Å². The molecule has 5 nitrogen and oxygen atoms in total. The Morgan fingerprint density at radius 3 is 2.40 bits per heavy atom. The first-order chi connectivity index (χ1) is 9.44. The molecule has 0 atom stereocenters. The summed E-state index contributed by atoms with van der Waals surface area (Å²) in [4.78, 5) is 4.10. The summed E-state index contributed by atoms with van der Waals surface area (Å²) >= 11 is 0. The zero-order valence-corrected chi connectivity index (χ0v) is 12.2. The third-order valence-corrected chi connectivity index (χ3v) is 4.60. The normalized spacial score (nSPS) is 11.3. The Morgan fingerprint density at radius 1 is 1.15 bits per heavy atom. The van der Waals surface area contributed by atoms with Gasteiger partial charge in [-0.25, -0.2) is 8.42 Å². The first-order valence-electron chi connectivity index (χ1n) is 6.17. The van der Waals surface area contributed by atoms with Gasteiger partial charge in [-0.15, -0.1) is 0 Å². The number of nitrogens with two attached hydrogens (primary N) is 1. The van der Waals surface area contributed by atoms with Gasteiger partial charge in [-0.3, -0.25) is 9.71 Å². The van der Waals surface area contributed by atoms with Crippen molar-refractivity contribution in [3.8, 4) is 0 Å². The monoisotopic (exact) mass is 291 g/mol. The molecule has 0 aliphatic carbocycles. The summed E-state index contributed by atoms with van der Waals surface area (Å²) in [6.45, 7) is 4.00. The van der Waals surface area contributed by atoms with Gasteiger partial charge in [-0.05, 0) is 48.7 Å². The molecule has 0 aliphatic heterocycles. The van der Waals surface area contributed by atoms with Crippen molar-refractivity contribution in [2.75, 3.05) is 4.72 Å². The highest BCUT2D eigenvalue weighted by Crippen LogP contribution is 2.22. The van der Waals surface area contributed by atoms with Crippen molar-refractivity contribution in [1.29, 1.82) is 0 Å². The maximum absolute atomic E-state index is 12.4. The molecule has 0 saturated heterocycles. The number of nitrogens with one attached hydrogen (secondary N) is 1. The van der Waals surface area contributed by atoms with E-state index in [4.69, 9.17) is 5.73 Å². The summed E-state index contributed by atoms with van der Waals surface area (Å²) in [6.07, 6.45) is 3.07. The molecule has 0 unspecified atom stereocenters. The Kier molecular flexibility index (Phi) is 4.06. The molecule has 0 radical (unpaired) electrons. The second kappa shape index (κ2) is 5.60. The molecule has 0 saturated carbocycles. The van der Waals surface area contributed by atoms with E-state index in [2.05, 4.69) is 9.71 Å². The molecule has 1 aromatic carbocycles. The van der Waals surface area contributed by atoms with Crippen molar-refractivity contribution in [1.82, 2.24) is 4.98 Å². The molecule has 20 heavy (non-hydrogen) atoms. The van der Waals surface area contributed by atoms with Crippen molar-refractivity contribution < 1.29 is 8.42 Å². The quantitative estimate of drug-likeness (QED) is 0.901. The average Bonchev–Trinajstić information content (AvgIpc) is 2.39. The molecule has 106 valence electrons. The van der Waals surface area contributed by atoms with E-state index in [0.29, 0.717) is 17.8 Å². The van der Waals surface area contributed by atoms with Crippen molar-refractivity contribution in [2.45, 2.75) is 25.3 Å². The van der Waals surface area contributed by atoms with E-state index in [0.717, 1.165) is 11.1 Å². The maximum atomic E-state index is 12.4. The lowest BCUT2D eigenvalue weighted by Crippen LogP contribution is -2.15.